The van der Waals surface area contributed by atoms with Crippen molar-refractivity contribution in [1.29, 1.82) is 0 Å². The average molecular weight is 1590 g/mol. The van der Waals surface area contributed by atoms with Gasteiger partial charge in [-0.3, -0.25) is 49.0 Å². The molecule has 36 heteroatoms. The lowest BCUT2D eigenvalue weighted by atomic mass is 10.1. The molecule has 3 aliphatic carbocycles. The number of anilines is 5. The summed E-state index contributed by atoms with van der Waals surface area (Å²) < 4.78 is 140. The van der Waals surface area contributed by atoms with Crippen LogP contribution < -0.4 is 91.7 Å². The Morgan fingerprint density at radius 1 is 0.430 bits per heavy atom. The second kappa shape index (κ2) is 33.8. The van der Waals surface area contributed by atoms with Gasteiger partial charge in [0.05, 0.1) is 65.1 Å². The predicted octanol–water partition coefficient (Wildman–Crippen LogP) is 12.9. The molecular formula is C78H70ClF6N13O16. The Morgan fingerprint density at radius 3 is 1.05 bits per heavy atom. The molecule has 11 aromatic rings. The first kappa shape index (κ1) is 80.3. The van der Waals surface area contributed by atoms with Crippen LogP contribution in [0.1, 0.15) is 49.8 Å². The van der Waals surface area contributed by atoms with Crippen LogP contribution in [0.3, 0.4) is 0 Å². The van der Waals surface area contributed by atoms with Crippen molar-refractivity contribution < 1.29 is 102 Å². The number of pyridine rings is 3. The Balaban J connectivity index is 0.000000160. The molecule has 14 rings (SSSR count). The summed E-state index contributed by atoms with van der Waals surface area (Å²) in [6, 6.07) is 30.0. The van der Waals surface area contributed by atoms with Gasteiger partial charge >= 0.3 is 41.6 Å². The molecule has 0 bridgehead atoms. The molecule has 0 aliphatic heterocycles. The Kier molecular flexibility index (Phi) is 23.8. The zero-order valence-corrected chi connectivity index (χ0v) is 61.8. The zero-order valence-electron chi connectivity index (χ0n) is 61.0. The van der Waals surface area contributed by atoms with Gasteiger partial charge in [0.15, 0.2) is 75.0 Å². The Bertz CT molecular complexity index is 5550. The van der Waals surface area contributed by atoms with Gasteiger partial charge in [-0.25, -0.2) is 13.2 Å². The number of carbonyl (C=O) groups is 6. The fourth-order valence-corrected chi connectivity index (χ4v) is 10.9. The fraction of sp³-hybridized carbons (Fsp3) is 0.231. The molecule has 592 valence electrons. The summed E-state index contributed by atoms with van der Waals surface area (Å²) in [6.07, 6.45) is 5.16. The smallest absolute Gasteiger partial charge is 0.417 e. The molecule has 4 aromatic heterocycles. The summed E-state index contributed by atoms with van der Waals surface area (Å²) in [7, 11) is 5.83. The highest BCUT2D eigenvalue weighted by molar-refractivity contribution is 6.44. The van der Waals surface area contributed by atoms with Crippen molar-refractivity contribution in [3.8, 4) is 69.0 Å². The first-order valence-corrected chi connectivity index (χ1v) is 34.9. The number of nitrogens with two attached hydrogens (primary N) is 3. The van der Waals surface area contributed by atoms with E-state index >= 15 is 0 Å². The number of ether oxygens (including phenoxy) is 9. The summed E-state index contributed by atoms with van der Waals surface area (Å²) in [5.74, 6) is -4.73. The number of fused-ring (bicyclic) bond motifs is 3. The molecule has 0 radical (unpaired) electrons. The van der Waals surface area contributed by atoms with E-state index in [1.165, 1.54) is 95.5 Å². The number of alkyl halides is 3. The van der Waals surface area contributed by atoms with Crippen molar-refractivity contribution in [3.05, 3.63) is 186 Å². The number of benzene rings is 7. The molecule has 0 spiro atoms. The number of aryl methyl sites for hydroxylation is 1. The number of methoxy groups -OCH3 is 3. The molecule has 4 heterocycles. The van der Waals surface area contributed by atoms with Gasteiger partial charge in [0.1, 0.15) is 42.8 Å². The molecule has 3 fully saturated rings. The first-order chi connectivity index (χ1) is 54.4. The lowest BCUT2D eigenvalue weighted by Crippen LogP contribution is -2.32. The van der Waals surface area contributed by atoms with Crippen LogP contribution in [0, 0.1) is 24.4 Å². The van der Waals surface area contributed by atoms with E-state index in [1.54, 1.807) is 55.5 Å². The molecular weight excluding hydrogens is 1520 g/mol. The Hall–Kier alpha value is -13.3. The van der Waals surface area contributed by atoms with Gasteiger partial charge in [-0.1, -0.05) is 16.8 Å². The van der Waals surface area contributed by atoms with Crippen molar-refractivity contribution in [2.75, 3.05) is 74.8 Å². The molecule has 114 heavy (non-hydrogen) atoms. The number of nitrogens with zero attached hydrogens (tertiary/aromatic N) is 4. The van der Waals surface area contributed by atoms with Crippen LogP contribution in [0.4, 0.5) is 54.9 Å². The summed E-state index contributed by atoms with van der Waals surface area (Å²) in [5.41, 5.74) is 17.6. The number of amides is 6. The maximum Gasteiger partial charge on any atom is 0.417 e. The SMILES string of the molecule is CNC(=O)C(=O)Nc1ccc(Oc2ccnc3cc(OCC4(N)CC4)c(OC)cc23)c(F)c1.COc1cc2c(Oc3ccc(NC(=O)C(=O)Nc4cc(C)on4)cc3F)ccnc2cc1OCC1(N)CC1.COc1cc2c(Oc3ccc(NC(=O)C(=O)Nc4ccc(Cl)c(C(F)(F)F)c4)cc3F)ccnc2cc1OCC1(N)CC1. The third kappa shape index (κ3) is 20.1. The number of rotatable bonds is 23. The van der Waals surface area contributed by atoms with Gasteiger partial charge < -0.3 is 90.9 Å². The predicted molar refractivity (Wildman–Crippen MR) is 404 cm³/mol. The van der Waals surface area contributed by atoms with Gasteiger partial charge in [-0.15, -0.1) is 0 Å². The van der Waals surface area contributed by atoms with Crippen molar-refractivity contribution in [2.45, 2.75) is 68.2 Å². The lowest BCUT2D eigenvalue weighted by molar-refractivity contribution is -0.137. The minimum absolute atomic E-state index is 0.0581. The maximum atomic E-state index is 15.0. The number of aromatic nitrogens is 4. The standard InChI is InChI=1S/C29H23ClF4N4O5.C26H24FN5O6.C23H23FN4O5/c1-41-24-12-17-21(13-25(24)42-14-28(35)7-8-28)36-9-6-22(17)43-23-5-3-16(11-20(23)31)38-27(40)26(39)37-15-2-4-19(30)18(10-15)29(32,33)34;1-14-9-23(32-38-14)31-25(34)24(33)30-15-3-4-20(17(27)10-15)37-19-5-8-29-18-12-22(21(35-2)11-16(18)19)36-13-26(28)6-7-26;1-26-21(29)22(30)28-13-3-4-18(15(24)9-13)33-17-5-8-27-16-11-20(19(31-2)10-14(16)17)32-12-23(25)6-7-23/h2-6,9-13H,7-8,14,35H2,1H3,(H,37,39)(H,38,40);3-5,8-12H,6-7,13,28H2,1-2H3,(H,30,33)(H,31,32,34);3-5,8-11H,6-7,12,25H2,1-2H3,(H,26,29)(H,28,30). The number of carbonyl (C=O) groups excluding carboxylic acids is 6. The van der Waals surface area contributed by atoms with E-state index in [1.807, 2.05) is 5.32 Å². The van der Waals surface area contributed by atoms with E-state index in [0.29, 0.717) is 110 Å². The van der Waals surface area contributed by atoms with Gasteiger partial charge in [-0.2, -0.15) is 13.2 Å². The third-order valence-electron chi connectivity index (χ3n) is 17.7. The van der Waals surface area contributed by atoms with E-state index in [4.69, 9.17) is 76.0 Å². The highest BCUT2D eigenvalue weighted by atomic mass is 35.5. The highest BCUT2D eigenvalue weighted by Crippen LogP contribution is 2.45. The second-order valence-electron chi connectivity index (χ2n) is 26.5. The maximum absolute atomic E-state index is 15.0. The summed E-state index contributed by atoms with van der Waals surface area (Å²) in [5, 5.41) is 18.0. The normalized spacial score (nSPS) is 13.7. The summed E-state index contributed by atoms with van der Waals surface area (Å²) in [6.45, 7) is 2.69. The largest absolute Gasteiger partial charge is 0.493 e. The van der Waals surface area contributed by atoms with Crippen molar-refractivity contribution >= 4 is 108 Å². The molecule has 6 amide bonds. The van der Waals surface area contributed by atoms with Crippen LogP contribution in [0.2, 0.25) is 5.02 Å². The van der Waals surface area contributed by atoms with Crippen LogP contribution in [-0.2, 0) is 34.9 Å². The number of likely N-dealkylation sites (N-methyl/N-ethyl adjacent to an activating group) is 1. The summed E-state index contributed by atoms with van der Waals surface area (Å²) >= 11 is 5.57. The fourth-order valence-electron chi connectivity index (χ4n) is 10.7. The number of nitrogens with one attached hydrogen (secondary N) is 6. The van der Waals surface area contributed by atoms with Gasteiger partial charge in [0.25, 0.3) is 0 Å². The first-order valence-electron chi connectivity index (χ1n) is 34.6. The molecule has 12 N–H and O–H groups in total. The van der Waals surface area contributed by atoms with Crippen molar-refractivity contribution in [2.24, 2.45) is 17.2 Å². The van der Waals surface area contributed by atoms with Crippen LogP contribution in [0.5, 0.6) is 69.0 Å². The van der Waals surface area contributed by atoms with E-state index in [0.717, 1.165) is 68.9 Å². The molecule has 0 atom stereocenters. The topological polar surface area (TPSA) is 400 Å². The Morgan fingerprint density at radius 2 is 0.754 bits per heavy atom. The average Bonchev–Trinajstić information content (AvgIpc) is 1.14. The van der Waals surface area contributed by atoms with Crippen LogP contribution in [-0.4, -0.2) is 120 Å². The molecule has 3 aliphatic rings. The molecule has 3 saturated carbocycles. The minimum Gasteiger partial charge on any atom is -0.493 e. The minimum atomic E-state index is -4.77. The van der Waals surface area contributed by atoms with E-state index in [-0.39, 0.29) is 68.2 Å². The monoisotopic (exact) mass is 1590 g/mol. The van der Waals surface area contributed by atoms with E-state index < -0.39 is 69.7 Å². The number of hydrogen-bond acceptors (Lipinski definition) is 23. The van der Waals surface area contributed by atoms with Crippen LogP contribution in [0.15, 0.2) is 157 Å². The van der Waals surface area contributed by atoms with Gasteiger partial charge in [-0.05, 0) is 136 Å². The highest BCUT2D eigenvalue weighted by Gasteiger charge is 2.41. The van der Waals surface area contributed by atoms with E-state index in [9.17, 15) is 55.1 Å². The van der Waals surface area contributed by atoms with Crippen LogP contribution >= 0.6 is 11.6 Å². The van der Waals surface area contributed by atoms with Crippen LogP contribution in [0.25, 0.3) is 32.7 Å². The second-order valence-corrected chi connectivity index (χ2v) is 27.0. The quantitative estimate of drug-likeness (QED) is 0.0212. The van der Waals surface area contributed by atoms with Gasteiger partial charge in [0, 0.05) is 107 Å². The van der Waals surface area contributed by atoms with E-state index in [2.05, 4.69) is 46.7 Å². The van der Waals surface area contributed by atoms with Crippen molar-refractivity contribution in [3.63, 3.8) is 0 Å². The molecule has 7 aromatic carbocycles. The van der Waals surface area contributed by atoms with Gasteiger partial charge in [0.2, 0.25) is 0 Å². The molecule has 0 saturated heterocycles. The van der Waals surface area contributed by atoms with Crippen molar-refractivity contribution in [1.82, 2.24) is 25.4 Å². The zero-order chi connectivity index (χ0) is 81.4. The third-order valence-corrected chi connectivity index (χ3v) is 18.0. The molecule has 29 nitrogen and oxygen atoms in total. The number of hydrogen-bond donors (Lipinski definition) is 9. The Labute approximate surface area is 648 Å². The molecule has 0 unspecified atom stereocenters. The summed E-state index contributed by atoms with van der Waals surface area (Å²) in [4.78, 5) is 84.9. The number of halogens is 7. The lowest BCUT2D eigenvalue weighted by Gasteiger charge is -2.16.